The summed E-state index contributed by atoms with van der Waals surface area (Å²) in [7, 11) is 0. The van der Waals surface area contributed by atoms with Gasteiger partial charge in [-0.1, -0.05) is 5.21 Å². The fourth-order valence-corrected chi connectivity index (χ4v) is 2.17. The SMILES string of the molecule is FC(F)(F)c1ccc(NCCCn2ccnn2)c(Br)c1. The molecule has 0 radical (unpaired) electrons. The molecule has 1 N–H and O–H groups in total. The van der Waals surface area contributed by atoms with E-state index in [0.717, 1.165) is 18.6 Å². The second-order valence-electron chi connectivity index (χ2n) is 4.14. The van der Waals surface area contributed by atoms with Gasteiger partial charge in [0.25, 0.3) is 0 Å². The number of aryl methyl sites for hydroxylation is 1. The summed E-state index contributed by atoms with van der Waals surface area (Å²) in [6.07, 6.45) is -0.182. The van der Waals surface area contributed by atoms with Gasteiger partial charge in [-0.15, -0.1) is 5.10 Å². The lowest BCUT2D eigenvalue weighted by molar-refractivity contribution is -0.137. The van der Waals surface area contributed by atoms with Crippen LogP contribution in [0.1, 0.15) is 12.0 Å². The molecule has 1 heterocycles. The van der Waals surface area contributed by atoms with E-state index in [1.807, 2.05) is 0 Å². The molecule has 0 spiro atoms. The molecule has 0 bridgehead atoms. The number of nitrogens with one attached hydrogen (secondary N) is 1. The molecule has 0 amide bonds. The first-order valence-corrected chi connectivity index (χ1v) is 6.71. The van der Waals surface area contributed by atoms with E-state index in [-0.39, 0.29) is 0 Å². The summed E-state index contributed by atoms with van der Waals surface area (Å²) in [5, 5.41) is 10.6. The van der Waals surface area contributed by atoms with Gasteiger partial charge in [0.2, 0.25) is 0 Å². The number of halogens is 4. The Morgan fingerprint density at radius 2 is 2.10 bits per heavy atom. The number of hydrogen-bond acceptors (Lipinski definition) is 3. The van der Waals surface area contributed by atoms with Crippen molar-refractivity contribution in [3.8, 4) is 0 Å². The van der Waals surface area contributed by atoms with Gasteiger partial charge in [0.05, 0.1) is 11.8 Å². The normalized spacial score (nSPS) is 11.6. The van der Waals surface area contributed by atoms with E-state index in [4.69, 9.17) is 0 Å². The molecule has 0 atom stereocenters. The van der Waals surface area contributed by atoms with E-state index in [2.05, 4.69) is 31.6 Å². The lowest BCUT2D eigenvalue weighted by Gasteiger charge is -2.12. The predicted octanol–water partition coefficient (Wildman–Crippen LogP) is 3.56. The number of nitrogens with zero attached hydrogens (tertiary/aromatic N) is 3. The summed E-state index contributed by atoms with van der Waals surface area (Å²) >= 11 is 3.14. The Hall–Kier alpha value is -1.57. The van der Waals surface area contributed by atoms with Crippen LogP contribution in [0.15, 0.2) is 35.1 Å². The molecule has 108 valence electrons. The van der Waals surface area contributed by atoms with Gasteiger partial charge < -0.3 is 5.32 Å². The van der Waals surface area contributed by atoms with E-state index >= 15 is 0 Å². The largest absolute Gasteiger partial charge is 0.416 e. The van der Waals surface area contributed by atoms with Crippen molar-refractivity contribution in [1.29, 1.82) is 0 Å². The van der Waals surface area contributed by atoms with Gasteiger partial charge in [-0.25, -0.2) is 0 Å². The van der Waals surface area contributed by atoms with E-state index in [1.165, 1.54) is 6.07 Å². The number of rotatable bonds is 5. The quantitative estimate of drug-likeness (QED) is 0.840. The molecule has 8 heteroatoms. The lowest BCUT2D eigenvalue weighted by Crippen LogP contribution is -2.09. The number of aromatic nitrogens is 3. The highest BCUT2D eigenvalue weighted by atomic mass is 79.9. The van der Waals surface area contributed by atoms with Crippen molar-refractivity contribution in [2.75, 3.05) is 11.9 Å². The maximum absolute atomic E-state index is 12.5. The minimum Gasteiger partial charge on any atom is -0.384 e. The van der Waals surface area contributed by atoms with Gasteiger partial charge in [0.15, 0.2) is 0 Å². The molecule has 2 rings (SSSR count). The summed E-state index contributed by atoms with van der Waals surface area (Å²) in [5.74, 6) is 0. The molecule has 2 aromatic rings. The second-order valence-corrected chi connectivity index (χ2v) is 4.99. The van der Waals surface area contributed by atoms with Crippen LogP contribution in [0.2, 0.25) is 0 Å². The average Bonchev–Trinajstić information content (AvgIpc) is 2.88. The molecular weight excluding hydrogens is 337 g/mol. The summed E-state index contributed by atoms with van der Waals surface area (Å²) in [5.41, 5.74) is -0.0332. The fraction of sp³-hybridized carbons (Fsp3) is 0.333. The molecule has 0 saturated heterocycles. The summed E-state index contributed by atoms with van der Waals surface area (Å²) < 4.78 is 39.6. The highest BCUT2D eigenvalue weighted by Gasteiger charge is 2.30. The van der Waals surface area contributed by atoms with Gasteiger partial charge >= 0.3 is 6.18 Å². The molecule has 0 aliphatic rings. The van der Waals surface area contributed by atoms with Crippen molar-refractivity contribution in [3.05, 3.63) is 40.6 Å². The molecule has 0 saturated carbocycles. The molecule has 0 aliphatic heterocycles. The number of benzene rings is 1. The van der Waals surface area contributed by atoms with Crippen molar-refractivity contribution < 1.29 is 13.2 Å². The Morgan fingerprint density at radius 1 is 1.30 bits per heavy atom. The molecule has 0 aliphatic carbocycles. The van der Waals surface area contributed by atoms with E-state index in [1.54, 1.807) is 17.1 Å². The molecule has 4 nitrogen and oxygen atoms in total. The summed E-state index contributed by atoms with van der Waals surface area (Å²) in [6, 6.07) is 3.55. The highest BCUT2D eigenvalue weighted by Crippen LogP contribution is 2.33. The minimum absolute atomic E-state index is 0.396. The van der Waals surface area contributed by atoms with Crippen molar-refractivity contribution in [1.82, 2.24) is 15.0 Å². The van der Waals surface area contributed by atoms with Crippen LogP contribution in [0, 0.1) is 0 Å². The zero-order valence-corrected chi connectivity index (χ0v) is 11.9. The van der Waals surface area contributed by atoms with Crippen molar-refractivity contribution >= 4 is 21.6 Å². The Labute approximate surface area is 122 Å². The Kier molecular flexibility index (Phi) is 4.64. The predicted molar refractivity (Wildman–Crippen MR) is 72.3 cm³/mol. The van der Waals surface area contributed by atoms with Crippen molar-refractivity contribution in [2.45, 2.75) is 19.1 Å². The van der Waals surface area contributed by atoms with Crippen LogP contribution in [0.5, 0.6) is 0 Å². The van der Waals surface area contributed by atoms with Crippen LogP contribution in [-0.2, 0) is 12.7 Å². The Bertz CT molecular complexity index is 554. The first-order chi connectivity index (χ1) is 9.47. The maximum Gasteiger partial charge on any atom is 0.416 e. The summed E-state index contributed by atoms with van der Waals surface area (Å²) in [4.78, 5) is 0. The highest BCUT2D eigenvalue weighted by molar-refractivity contribution is 9.10. The van der Waals surface area contributed by atoms with Crippen molar-refractivity contribution in [2.24, 2.45) is 0 Å². The van der Waals surface area contributed by atoms with Gasteiger partial charge in [-0.3, -0.25) is 4.68 Å². The third kappa shape index (κ3) is 3.96. The van der Waals surface area contributed by atoms with Crippen LogP contribution in [0.3, 0.4) is 0 Å². The third-order valence-corrected chi connectivity index (χ3v) is 3.30. The van der Waals surface area contributed by atoms with Crippen LogP contribution >= 0.6 is 15.9 Å². The monoisotopic (exact) mass is 348 g/mol. The van der Waals surface area contributed by atoms with Crippen molar-refractivity contribution in [3.63, 3.8) is 0 Å². The van der Waals surface area contributed by atoms with Gasteiger partial charge in [0, 0.05) is 29.4 Å². The van der Waals surface area contributed by atoms with E-state index in [0.29, 0.717) is 23.2 Å². The molecule has 1 aromatic carbocycles. The fourth-order valence-electron chi connectivity index (χ4n) is 1.65. The zero-order chi connectivity index (χ0) is 14.6. The van der Waals surface area contributed by atoms with Gasteiger partial charge in [-0.2, -0.15) is 13.2 Å². The number of anilines is 1. The summed E-state index contributed by atoms with van der Waals surface area (Å²) in [6.45, 7) is 1.33. The van der Waals surface area contributed by atoms with Crippen LogP contribution in [-0.4, -0.2) is 21.5 Å². The second kappa shape index (κ2) is 6.25. The van der Waals surface area contributed by atoms with E-state index in [9.17, 15) is 13.2 Å². The first kappa shape index (κ1) is 14.8. The van der Waals surface area contributed by atoms with Crippen LogP contribution in [0.25, 0.3) is 0 Å². The lowest BCUT2D eigenvalue weighted by atomic mass is 10.2. The molecule has 0 fully saturated rings. The number of alkyl halides is 3. The van der Waals surface area contributed by atoms with Gasteiger partial charge in [0.1, 0.15) is 0 Å². The molecule has 0 unspecified atom stereocenters. The molecule has 1 aromatic heterocycles. The van der Waals surface area contributed by atoms with E-state index < -0.39 is 11.7 Å². The molecular formula is C12H12BrF3N4. The minimum atomic E-state index is -4.33. The maximum atomic E-state index is 12.5. The first-order valence-electron chi connectivity index (χ1n) is 5.91. The zero-order valence-electron chi connectivity index (χ0n) is 10.4. The smallest absolute Gasteiger partial charge is 0.384 e. The van der Waals surface area contributed by atoms with Gasteiger partial charge in [-0.05, 0) is 40.5 Å². The molecule has 20 heavy (non-hydrogen) atoms. The third-order valence-electron chi connectivity index (χ3n) is 2.65. The van der Waals surface area contributed by atoms with Crippen LogP contribution < -0.4 is 5.32 Å². The topological polar surface area (TPSA) is 42.7 Å². The number of hydrogen-bond donors (Lipinski definition) is 1. The Balaban J connectivity index is 1.87. The Morgan fingerprint density at radius 3 is 2.70 bits per heavy atom. The average molecular weight is 349 g/mol. The van der Waals surface area contributed by atoms with Crippen LogP contribution in [0.4, 0.5) is 18.9 Å². The standard InChI is InChI=1S/C12H12BrF3N4/c13-10-8-9(12(14,15)16)2-3-11(10)17-4-1-6-20-7-5-18-19-20/h2-3,5,7-8,17H,1,4,6H2.